The van der Waals surface area contributed by atoms with Crippen LogP contribution in [0.2, 0.25) is 0 Å². The summed E-state index contributed by atoms with van der Waals surface area (Å²) in [6.45, 7) is 9.52. The van der Waals surface area contributed by atoms with Crippen molar-refractivity contribution >= 4 is 17.4 Å². The van der Waals surface area contributed by atoms with Crippen LogP contribution in [-0.4, -0.2) is 17.4 Å². The van der Waals surface area contributed by atoms with Gasteiger partial charge in [-0.2, -0.15) is 0 Å². The van der Waals surface area contributed by atoms with E-state index in [1.165, 1.54) is 0 Å². The monoisotopic (exact) mass is 457 g/mol. The summed E-state index contributed by atoms with van der Waals surface area (Å²) in [6.07, 6.45) is -0.0210. The van der Waals surface area contributed by atoms with Crippen molar-refractivity contribution in [1.29, 1.82) is 0 Å². The van der Waals surface area contributed by atoms with Crippen molar-refractivity contribution in [1.82, 2.24) is 0 Å². The number of Topliss-reactive ketones (excluding diaryl/α,β-unsaturated/α-hetero) is 1. The molecule has 1 heterocycles. The van der Waals surface area contributed by atoms with Crippen LogP contribution in [0.4, 0.5) is 5.69 Å². The van der Waals surface area contributed by atoms with Crippen LogP contribution in [0.5, 0.6) is 5.75 Å². The van der Waals surface area contributed by atoms with Gasteiger partial charge >= 0.3 is 5.97 Å². The molecule has 2 unspecified atom stereocenters. The normalized spacial score (nSPS) is 16.3. The Morgan fingerprint density at radius 2 is 1.74 bits per heavy atom. The number of hydrogen-bond donors (Lipinski definition) is 1. The molecule has 0 saturated heterocycles. The fourth-order valence-electron chi connectivity index (χ4n) is 4.21. The van der Waals surface area contributed by atoms with Gasteiger partial charge in [0.1, 0.15) is 17.5 Å². The van der Waals surface area contributed by atoms with Gasteiger partial charge in [0.25, 0.3) is 0 Å². The molecule has 1 N–H and O–H groups in total. The van der Waals surface area contributed by atoms with E-state index < -0.39 is 5.60 Å². The van der Waals surface area contributed by atoms with Crippen LogP contribution in [0.25, 0.3) is 0 Å². The SMILES string of the molecule is Cc1cc2c(c(C(C)Nc3ccccc3C(=O)OC(C)(C)C)c1)OC(c1ccccc1)CC2=O. The Hall–Kier alpha value is -3.60. The van der Waals surface area contributed by atoms with E-state index in [2.05, 4.69) is 5.32 Å². The number of esters is 1. The Labute approximate surface area is 201 Å². The van der Waals surface area contributed by atoms with Crippen LogP contribution < -0.4 is 10.1 Å². The minimum atomic E-state index is -0.591. The lowest BCUT2D eigenvalue weighted by Gasteiger charge is -2.30. The molecular weight excluding hydrogens is 426 g/mol. The average molecular weight is 458 g/mol. The highest BCUT2D eigenvalue weighted by Crippen LogP contribution is 2.41. The summed E-state index contributed by atoms with van der Waals surface area (Å²) in [5.41, 5.74) is 3.98. The summed E-state index contributed by atoms with van der Waals surface area (Å²) in [6, 6.07) is 20.8. The van der Waals surface area contributed by atoms with E-state index in [1.54, 1.807) is 6.07 Å². The molecule has 3 aromatic rings. The smallest absolute Gasteiger partial charge is 0.340 e. The van der Waals surface area contributed by atoms with E-state index in [9.17, 15) is 9.59 Å². The molecule has 0 bridgehead atoms. The summed E-state index contributed by atoms with van der Waals surface area (Å²) >= 11 is 0. The summed E-state index contributed by atoms with van der Waals surface area (Å²) in [5, 5.41) is 3.45. The van der Waals surface area contributed by atoms with Gasteiger partial charge in [-0.05, 0) is 63.9 Å². The van der Waals surface area contributed by atoms with Crippen LogP contribution >= 0.6 is 0 Å². The number of aryl methyl sites for hydroxylation is 1. The van der Waals surface area contributed by atoms with Gasteiger partial charge in [0.05, 0.1) is 23.6 Å². The number of fused-ring (bicyclic) bond motifs is 1. The van der Waals surface area contributed by atoms with E-state index in [-0.39, 0.29) is 23.9 Å². The molecule has 3 aromatic carbocycles. The zero-order chi connectivity index (χ0) is 24.5. The first-order valence-corrected chi connectivity index (χ1v) is 11.6. The second-order valence-electron chi connectivity index (χ2n) is 9.79. The van der Waals surface area contributed by atoms with E-state index in [4.69, 9.17) is 9.47 Å². The third kappa shape index (κ3) is 5.14. The Morgan fingerprint density at radius 3 is 2.44 bits per heavy atom. The second kappa shape index (κ2) is 9.34. The van der Waals surface area contributed by atoms with Gasteiger partial charge in [0, 0.05) is 11.3 Å². The highest BCUT2D eigenvalue weighted by Gasteiger charge is 2.31. The maximum atomic E-state index is 13.1. The van der Waals surface area contributed by atoms with Crippen LogP contribution in [-0.2, 0) is 4.74 Å². The van der Waals surface area contributed by atoms with Crippen molar-refractivity contribution in [3.63, 3.8) is 0 Å². The Morgan fingerprint density at radius 1 is 1.06 bits per heavy atom. The second-order valence-corrected chi connectivity index (χ2v) is 9.79. The fraction of sp³-hybridized carbons (Fsp3) is 0.310. The van der Waals surface area contributed by atoms with Crippen molar-refractivity contribution in [2.45, 2.75) is 58.8 Å². The lowest BCUT2D eigenvalue weighted by Crippen LogP contribution is -2.25. The number of carbonyl (C=O) groups is 2. The predicted molar refractivity (Wildman–Crippen MR) is 134 cm³/mol. The zero-order valence-electron chi connectivity index (χ0n) is 20.3. The van der Waals surface area contributed by atoms with E-state index in [0.29, 0.717) is 29.0 Å². The van der Waals surface area contributed by atoms with Gasteiger partial charge in [0.2, 0.25) is 0 Å². The van der Waals surface area contributed by atoms with Crippen molar-refractivity contribution in [2.75, 3.05) is 5.32 Å². The molecule has 0 aromatic heterocycles. The summed E-state index contributed by atoms with van der Waals surface area (Å²) in [5.74, 6) is 0.288. The number of rotatable bonds is 5. The van der Waals surface area contributed by atoms with Crippen molar-refractivity contribution < 1.29 is 19.1 Å². The quantitative estimate of drug-likeness (QED) is 0.425. The van der Waals surface area contributed by atoms with Gasteiger partial charge in [-0.1, -0.05) is 48.5 Å². The largest absolute Gasteiger partial charge is 0.484 e. The number of benzene rings is 3. The van der Waals surface area contributed by atoms with Gasteiger partial charge in [-0.3, -0.25) is 4.79 Å². The number of carbonyl (C=O) groups excluding carboxylic acids is 2. The maximum Gasteiger partial charge on any atom is 0.340 e. The Balaban J connectivity index is 1.67. The first kappa shape index (κ1) is 23.6. The minimum Gasteiger partial charge on any atom is -0.484 e. The molecule has 5 nitrogen and oxygen atoms in total. The standard InChI is InChI=1S/C29H31NO4/c1-18-15-22(19(2)30-24-14-10-9-13-21(24)28(32)34-29(3,4)5)27-23(16-18)25(31)17-26(33-27)20-11-7-6-8-12-20/h6-16,19,26,30H,17H2,1-5H3. The molecule has 2 atom stereocenters. The van der Waals surface area contributed by atoms with Gasteiger partial charge in [0.15, 0.2) is 5.78 Å². The molecule has 4 rings (SSSR count). The number of nitrogens with one attached hydrogen (secondary N) is 1. The number of hydrogen-bond acceptors (Lipinski definition) is 5. The maximum absolute atomic E-state index is 13.1. The topological polar surface area (TPSA) is 64.6 Å². The van der Waals surface area contributed by atoms with Crippen molar-refractivity contribution in [3.8, 4) is 5.75 Å². The fourth-order valence-corrected chi connectivity index (χ4v) is 4.21. The van der Waals surface area contributed by atoms with Crippen molar-refractivity contribution in [3.05, 3.63) is 94.5 Å². The Bertz CT molecular complexity index is 1210. The zero-order valence-corrected chi connectivity index (χ0v) is 20.3. The molecule has 0 spiro atoms. The third-order valence-corrected chi connectivity index (χ3v) is 5.75. The summed E-state index contributed by atoms with van der Waals surface area (Å²) in [7, 11) is 0. The van der Waals surface area contributed by atoms with Crippen LogP contribution in [0, 0.1) is 6.92 Å². The molecule has 0 amide bonds. The van der Waals surface area contributed by atoms with Crippen LogP contribution in [0.15, 0.2) is 66.7 Å². The number of anilines is 1. The van der Waals surface area contributed by atoms with Gasteiger partial charge in [-0.15, -0.1) is 0 Å². The Kier molecular flexibility index (Phi) is 6.47. The van der Waals surface area contributed by atoms with Gasteiger partial charge < -0.3 is 14.8 Å². The van der Waals surface area contributed by atoms with E-state index in [1.807, 2.05) is 95.3 Å². The molecule has 5 heteroatoms. The van der Waals surface area contributed by atoms with Crippen molar-refractivity contribution in [2.24, 2.45) is 0 Å². The first-order valence-electron chi connectivity index (χ1n) is 11.6. The molecule has 0 saturated carbocycles. The molecular formula is C29H31NO4. The van der Waals surface area contributed by atoms with Crippen LogP contribution in [0.3, 0.4) is 0 Å². The predicted octanol–water partition coefficient (Wildman–Crippen LogP) is 6.83. The third-order valence-electron chi connectivity index (χ3n) is 5.75. The lowest BCUT2D eigenvalue weighted by atomic mass is 9.91. The number of para-hydroxylation sites is 1. The highest BCUT2D eigenvalue weighted by molar-refractivity contribution is 6.01. The molecule has 1 aliphatic rings. The van der Waals surface area contributed by atoms with Crippen LogP contribution in [0.1, 0.15) is 83.7 Å². The summed E-state index contributed by atoms with van der Waals surface area (Å²) in [4.78, 5) is 25.9. The molecule has 34 heavy (non-hydrogen) atoms. The minimum absolute atomic E-state index is 0.0707. The summed E-state index contributed by atoms with van der Waals surface area (Å²) < 4.78 is 12.0. The highest BCUT2D eigenvalue weighted by atomic mass is 16.6. The molecule has 0 aliphatic carbocycles. The molecule has 176 valence electrons. The first-order chi connectivity index (χ1) is 16.1. The van der Waals surface area contributed by atoms with E-state index in [0.717, 1.165) is 16.7 Å². The molecule has 1 aliphatic heterocycles. The number of ketones is 1. The lowest BCUT2D eigenvalue weighted by molar-refractivity contribution is 0.00705. The molecule has 0 fully saturated rings. The molecule has 0 radical (unpaired) electrons. The average Bonchev–Trinajstić information content (AvgIpc) is 2.78. The van der Waals surface area contributed by atoms with E-state index >= 15 is 0 Å². The van der Waals surface area contributed by atoms with Gasteiger partial charge in [-0.25, -0.2) is 4.79 Å². The number of ether oxygens (including phenoxy) is 2.